The van der Waals surface area contributed by atoms with Crippen LogP contribution in [0.1, 0.15) is 38.5 Å². The van der Waals surface area contributed by atoms with E-state index in [2.05, 4.69) is 0 Å². The van der Waals surface area contributed by atoms with E-state index in [1.54, 1.807) is 0 Å². The van der Waals surface area contributed by atoms with E-state index in [-0.39, 0.29) is 11.1 Å². The molecule has 0 aliphatic carbocycles. The molecule has 3 aliphatic heterocycles. The van der Waals surface area contributed by atoms with E-state index >= 15 is 0 Å². The van der Waals surface area contributed by atoms with Crippen molar-refractivity contribution in [2.45, 2.75) is 49.7 Å². The molecule has 0 bridgehead atoms. The molecule has 0 aromatic rings. The predicted octanol–water partition coefficient (Wildman–Crippen LogP) is 1.47. The first kappa shape index (κ1) is 12.9. The smallest absolute Gasteiger partial charge is 0.0729 e. The minimum Gasteiger partial charge on any atom is -0.381 e. The fourth-order valence-corrected chi connectivity index (χ4v) is 3.77. The number of nitrogens with two attached hydrogens (primary N) is 1. The largest absolute Gasteiger partial charge is 0.381 e. The van der Waals surface area contributed by atoms with Crippen molar-refractivity contribution in [3.63, 3.8) is 0 Å². The Bertz CT molecular complexity index is 264. The first-order valence-electron chi connectivity index (χ1n) is 7.31. The van der Waals surface area contributed by atoms with Crippen molar-refractivity contribution in [2.75, 3.05) is 33.0 Å². The molecular formula is C14H25NO3. The maximum atomic E-state index is 6.61. The van der Waals surface area contributed by atoms with E-state index in [9.17, 15) is 0 Å². The van der Waals surface area contributed by atoms with Gasteiger partial charge in [0.05, 0.1) is 12.2 Å². The monoisotopic (exact) mass is 255 g/mol. The summed E-state index contributed by atoms with van der Waals surface area (Å²) in [7, 11) is 0. The van der Waals surface area contributed by atoms with Crippen LogP contribution >= 0.6 is 0 Å². The molecule has 0 radical (unpaired) electrons. The van der Waals surface area contributed by atoms with Gasteiger partial charge in [0.1, 0.15) is 0 Å². The second-order valence-corrected chi connectivity index (χ2v) is 6.22. The summed E-state index contributed by atoms with van der Waals surface area (Å²) in [6, 6.07) is 0. The van der Waals surface area contributed by atoms with Crippen LogP contribution in [0, 0.1) is 5.92 Å². The van der Waals surface area contributed by atoms with Gasteiger partial charge >= 0.3 is 0 Å². The van der Waals surface area contributed by atoms with Crippen LogP contribution in [-0.4, -0.2) is 44.2 Å². The molecule has 2 N–H and O–H groups in total. The summed E-state index contributed by atoms with van der Waals surface area (Å²) < 4.78 is 17.2. The molecule has 2 atom stereocenters. The van der Waals surface area contributed by atoms with Crippen LogP contribution in [0.4, 0.5) is 0 Å². The van der Waals surface area contributed by atoms with Gasteiger partial charge in [0.15, 0.2) is 0 Å². The molecule has 104 valence electrons. The van der Waals surface area contributed by atoms with E-state index < -0.39 is 0 Å². The fraction of sp³-hybridized carbons (Fsp3) is 1.00. The van der Waals surface area contributed by atoms with Crippen LogP contribution in [0.3, 0.4) is 0 Å². The Morgan fingerprint density at radius 1 is 0.944 bits per heavy atom. The van der Waals surface area contributed by atoms with E-state index in [1.165, 1.54) is 0 Å². The number of rotatable bonds is 1. The number of ether oxygens (including phenoxy) is 3. The van der Waals surface area contributed by atoms with Crippen LogP contribution in [0.2, 0.25) is 0 Å². The van der Waals surface area contributed by atoms with Gasteiger partial charge in [-0.05, 0) is 44.4 Å². The Morgan fingerprint density at radius 2 is 1.78 bits per heavy atom. The molecule has 2 unspecified atom stereocenters. The van der Waals surface area contributed by atoms with Crippen molar-refractivity contribution < 1.29 is 14.2 Å². The molecule has 3 aliphatic rings. The van der Waals surface area contributed by atoms with Crippen molar-refractivity contribution in [3.05, 3.63) is 0 Å². The zero-order chi connectivity index (χ0) is 12.5. The maximum absolute atomic E-state index is 6.61. The molecule has 0 amide bonds. The summed E-state index contributed by atoms with van der Waals surface area (Å²) in [5, 5.41) is 0. The molecule has 3 heterocycles. The van der Waals surface area contributed by atoms with E-state index in [4.69, 9.17) is 19.9 Å². The van der Waals surface area contributed by atoms with Gasteiger partial charge in [0, 0.05) is 32.0 Å². The minimum atomic E-state index is -0.118. The summed E-state index contributed by atoms with van der Waals surface area (Å²) in [6.07, 6.45) is 6.44. The predicted molar refractivity (Wildman–Crippen MR) is 68.4 cm³/mol. The van der Waals surface area contributed by atoms with Crippen molar-refractivity contribution >= 4 is 0 Å². The van der Waals surface area contributed by atoms with Gasteiger partial charge in [-0.2, -0.15) is 0 Å². The standard InChI is InChI=1S/C14H25NO3/c15-14(3-1-6-17-11-14)12-2-7-18-13(10-12)4-8-16-9-5-13/h12H,1-11,15H2. The zero-order valence-electron chi connectivity index (χ0n) is 11.2. The van der Waals surface area contributed by atoms with Gasteiger partial charge in [-0.1, -0.05) is 0 Å². The molecule has 0 aromatic carbocycles. The van der Waals surface area contributed by atoms with Crippen molar-refractivity contribution in [1.29, 1.82) is 0 Å². The summed E-state index contributed by atoms with van der Waals surface area (Å²) in [5.41, 5.74) is 6.54. The quantitative estimate of drug-likeness (QED) is 0.771. The average Bonchev–Trinajstić information content (AvgIpc) is 2.41. The van der Waals surface area contributed by atoms with Crippen LogP contribution in [-0.2, 0) is 14.2 Å². The van der Waals surface area contributed by atoms with E-state index in [1.807, 2.05) is 0 Å². The Hall–Kier alpha value is -0.160. The van der Waals surface area contributed by atoms with Gasteiger partial charge in [-0.15, -0.1) is 0 Å². The van der Waals surface area contributed by atoms with E-state index in [0.717, 1.165) is 71.6 Å². The molecule has 1 spiro atoms. The van der Waals surface area contributed by atoms with Crippen LogP contribution < -0.4 is 5.73 Å². The van der Waals surface area contributed by atoms with E-state index in [0.29, 0.717) is 5.92 Å². The highest BCUT2D eigenvalue weighted by molar-refractivity contribution is 5.00. The summed E-state index contributed by atoms with van der Waals surface area (Å²) in [4.78, 5) is 0. The summed E-state index contributed by atoms with van der Waals surface area (Å²) >= 11 is 0. The highest BCUT2D eigenvalue weighted by Gasteiger charge is 2.46. The molecule has 3 fully saturated rings. The Kier molecular flexibility index (Phi) is 3.63. The van der Waals surface area contributed by atoms with Gasteiger partial charge < -0.3 is 19.9 Å². The molecule has 4 heteroatoms. The zero-order valence-corrected chi connectivity index (χ0v) is 11.2. The highest BCUT2D eigenvalue weighted by atomic mass is 16.5. The Morgan fingerprint density at radius 3 is 2.50 bits per heavy atom. The van der Waals surface area contributed by atoms with Gasteiger partial charge in [-0.3, -0.25) is 0 Å². The molecule has 4 nitrogen and oxygen atoms in total. The van der Waals surface area contributed by atoms with Crippen molar-refractivity contribution in [2.24, 2.45) is 11.7 Å². The van der Waals surface area contributed by atoms with Gasteiger partial charge in [0.2, 0.25) is 0 Å². The normalized spacial score (nSPS) is 40.8. The SMILES string of the molecule is NC1(C2CCOC3(CCOCC3)C2)CCCOC1. The molecule has 18 heavy (non-hydrogen) atoms. The van der Waals surface area contributed by atoms with Crippen LogP contribution in [0.15, 0.2) is 0 Å². The summed E-state index contributed by atoms with van der Waals surface area (Å²) in [5.74, 6) is 0.546. The average molecular weight is 255 g/mol. The van der Waals surface area contributed by atoms with Gasteiger partial charge in [0.25, 0.3) is 0 Å². The molecule has 0 saturated carbocycles. The second-order valence-electron chi connectivity index (χ2n) is 6.22. The fourth-order valence-electron chi connectivity index (χ4n) is 3.77. The lowest BCUT2D eigenvalue weighted by Crippen LogP contribution is -2.58. The molecule has 3 saturated heterocycles. The highest BCUT2D eigenvalue weighted by Crippen LogP contribution is 2.42. The lowest BCUT2D eigenvalue weighted by molar-refractivity contribution is -0.160. The lowest BCUT2D eigenvalue weighted by atomic mass is 9.70. The molecule has 3 rings (SSSR count). The number of hydrogen-bond acceptors (Lipinski definition) is 4. The first-order valence-corrected chi connectivity index (χ1v) is 7.31. The minimum absolute atomic E-state index is 0.0466. The molecular weight excluding hydrogens is 230 g/mol. The summed E-state index contributed by atoms with van der Waals surface area (Å²) in [6.45, 7) is 4.12. The van der Waals surface area contributed by atoms with Crippen molar-refractivity contribution in [3.8, 4) is 0 Å². The van der Waals surface area contributed by atoms with Crippen molar-refractivity contribution in [1.82, 2.24) is 0 Å². The third-order valence-corrected chi connectivity index (χ3v) is 5.01. The third-order valence-electron chi connectivity index (χ3n) is 5.01. The first-order chi connectivity index (χ1) is 8.73. The topological polar surface area (TPSA) is 53.7 Å². The second kappa shape index (κ2) is 5.08. The third kappa shape index (κ3) is 2.44. The maximum Gasteiger partial charge on any atom is 0.0729 e. The molecule has 0 aromatic heterocycles. The Labute approximate surface area is 109 Å². The number of hydrogen-bond donors (Lipinski definition) is 1. The van der Waals surface area contributed by atoms with Crippen LogP contribution in [0.5, 0.6) is 0 Å². The van der Waals surface area contributed by atoms with Crippen LogP contribution in [0.25, 0.3) is 0 Å². The lowest BCUT2D eigenvalue weighted by Gasteiger charge is -2.49. The Balaban J connectivity index is 1.69. The van der Waals surface area contributed by atoms with Gasteiger partial charge in [-0.25, -0.2) is 0 Å².